The van der Waals surface area contributed by atoms with E-state index >= 15 is 0 Å². The Kier molecular flexibility index (Phi) is 7.03. The average Bonchev–Trinajstić information content (AvgIpc) is 2.44. The molecule has 0 aliphatic heterocycles. The van der Waals surface area contributed by atoms with Crippen LogP contribution in [0.1, 0.15) is 37.6 Å². The molecule has 0 heterocycles. The first-order valence-corrected chi connectivity index (χ1v) is 7.52. The summed E-state index contributed by atoms with van der Waals surface area (Å²) in [7, 11) is 1.47. The van der Waals surface area contributed by atoms with Gasteiger partial charge in [-0.1, -0.05) is 13.8 Å². The summed E-state index contributed by atoms with van der Waals surface area (Å²) in [5.41, 5.74) is -0.528. The minimum absolute atomic E-state index is 0.112. The monoisotopic (exact) mass is 323 g/mol. The lowest BCUT2D eigenvalue weighted by Gasteiger charge is -2.28. The zero-order valence-electron chi connectivity index (χ0n) is 14.1. The van der Waals surface area contributed by atoms with Gasteiger partial charge < -0.3 is 19.9 Å². The number of nitrogens with one attached hydrogen (secondary N) is 1. The first-order chi connectivity index (χ1) is 10.8. The molecule has 1 unspecified atom stereocenters. The minimum atomic E-state index is -0.998. The maximum absolute atomic E-state index is 12.3. The number of carboxylic acids is 1. The van der Waals surface area contributed by atoms with Gasteiger partial charge in [0.15, 0.2) is 0 Å². The zero-order chi connectivity index (χ0) is 17.5. The van der Waals surface area contributed by atoms with Crippen LogP contribution in [-0.4, -0.2) is 42.8 Å². The molecular weight excluding hydrogens is 298 g/mol. The van der Waals surface area contributed by atoms with Gasteiger partial charge >= 0.3 is 5.97 Å². The molecule has 1 aromatic rings. The van der Waals surface area contributed by atoms with Gasteiger partial charge in [0.25, 0.3) is 5.91 Å². The Morgan fingerprint density at radius 1 is 1.26 bits per heavy atom. The first kappa shape index (κ1) is 19.0. The smallest absolute Gasteiger partial charge is 0.305 e. The maximum Gasteiger partial charge on any atom is 0.305 e. The average molecular weight is 323 g/mol. The van der Waals surface area contributed by atoms with Gasteiger partial charge in [0.05, 0.1) is 25.2 Å². The van der Waals surface area contributed by atoms with Gasteiger partial charge in [-0.25, -0.2) is 0 Å². The molecule has 0 fully saturated rings. The number of rotatable bonds is 9. The van der Waals surface area contributed by atoms with Gasteiger partial charge in [0.1, 0.15) is 5.75 Å². The van der Waals surface area contributed by atoms with Crippen molar-refractivity contribution >= 4 is 11.9 Å². The van der Waals surface area contributed by atoms with Gasteiger partial charge in [-0.2, -0.15) is 0 Å². The van der Waals surface area contributed by atoms with E-state index < -0.39 is 11.5 Å². The van der Waals surface area contributed by atoms with Crippen LogP contribution in [0.4, 0.5) is 0 Å². The highest BCUT2D eigenvalue weighted by atomic mass is 16.5. The fourth-order valence-corrected chi connectivity index (χ4v) is 2.10. The van der Waals surface area contributed by atoms with Gasteiger partial charge in [-0.05, 0) is 37.1 Å². The van der Waals surface area contributed by atoms with Crippen LogP contribution < -0.4 is 10.1 Å². The number of ether oxygens (including phenoxy) is 2. The number of benzene rings is 1. The number of hydrogen-bond acceptors (Lipinski definition) is 4. The van der Waals surface area contributed by atoms with Gasteiger partial charge in [0, 0.05) is 12.7 Å². The topological polar surface area (TPSA) is 84.9 Å². The number of hydrogen-bond donors (Lipinski definition) is 2. The Morgan fingerprint density at radius 3 is 2.35 bits per heavy atom. The molecule has 0 saturated carbocycles. The molecule has 0 aromatic heterocycles. The van der Waals surface area contributed by atoms with E-state index in [9.17, 15) is 9.59 Å². The lowest BCUT2D eigenvalue weighted by Crippen LogP contribution is -2.50. The van der Waals surface area contributed by atoms with Crippen molar-refractivity contribution in [3.05, 3.63) is 29.8 Å². The van der Waals surface area contributed by atoms with Crippen LogP contribution in [0.25, 0.3) is 0 Å². The van der Waals surface area contributed by atoms with E-state index in [0.29, 0.717) is 23.8 Å². The zero-order valence-corrected chi connectivity index (χ0v) is 14.1. The third-order valence-corrected chi connectivity index (χ3v) is 3.12. The van der Waals surface area contributed by atoms with Gasteiger partial charge in [-0.3, -0.25) is 9.59 Å². The van der Waals surface area contributed by atoms with Crippen molar-refractivity contribution in [1.82, 2.24) is 5.32 Å². The SMILES string of the molecule is COCC(C)(CC(=O)O)NC(=O)c1ccc(OCC(C)C)cc1. The summed E-state index contributed by atoms with van der Waals surface area (Å²) >= 11 is 0. The van der Waals surface area contributed by atoms with Crippen LogP contribution in [0.5, 0.6) is 5.75 Å². The molecule has 1 aromatic carbocycles. The number of carboxylic acid groups (broad SMARTS) is 1. The van der Waals surface area contributed by atoms with E-state index in [2.05, 4.69) is 19.2 Å². The first-order valence-electron chi connectivity index (χ1n) is 7.52. The highest BCUT2D eigenvalue weighted by molar-refractivity contribution is 5.95. The van der Waals surface area contributed by atoms with E-state index in [0.717, 1.165) is 0 Å². The molecule has 23 heavy (non-hydrogen) atoms. The van der Waals surface area contributed by atoms with Crippen LogP contribution in [0.2, 0.25) is 0 Å². The molecule has 0 spiro atoms. The lowest BCUT2D eigenvalue weighted by atomic mass is 9.98. The Hall–Kier alpha value is -2.08. The third-order valence-electron chi connectivity index (χ3n) is 3.12. The number of aliphatic carboxylic acids is 1. The van der Waals surface area contributed by atoms with Crippen molar-refractivity contribution < 1.29 is 24.2 Å². The molecule has 2 N–H and O–H groups in total. The van der Waals surface area contributed by atoms with E-state index in [1.807, 2.05) is 0 Å². The fraction of sp³-hybridized carbons (Fsp3) is 0.529. The number of amides is 1. The van der Waals surface area contributed by atoms with Crippen LogP contribution in [0.15, 0.2) is 24.3 Å². The summed E-state index contributed by atoms with van der Waals surface area (Å²) in [6.07, 6.45) is -0.220. The molecule has 128 valence electrons. The second-order valence-corrected chi connectivity index (χ2v) is 6.25. The molecule has 0 saturated heterocycles. The normalized spacial score (nSPS) is 13.4. The molecule has 0 radical (unpaired) electrons. The summed E-state index contributed by atoms with van der Waals surface area (Å²) in [5, 5.41) is 11.7. The lowest BCUT2D eigenvalue weighted by molar-refractivity contribution is -0.139. The van der Waals surface area contributed by atoms with Crippen LogP contribution in [0.3, 0.4) is 0 Å². The number of methoxy groups -OCH3 is 1. The Morgan fingerprint density at radius 2 is 1.87 bits per heavy atom. The van der Waals surface area contributed by atoms with Crippen LogP contribution in [-0.2, 0) is 9.53 Å². The quantitative estimate of drug-likeness (QED) is 0.728. The van der Waals surface area contributed by atoms with Crippen LogP contribution in [0, 0.1) is 5.92 Å². The van der Waals surface area contributed by atoms with Crippen molar-refractivity contribution in [3.8, 4) is 5.75 Å². The Bertz CT molecular complexity index is 526. The second kappa shape index (κ2) is 8.53. The number of carbonyl (C=O) groups excluding carboxylic acids is 1. The maximum atomic E-state index is 12.3. The van der Waals surface area contributed by atoms with E-state index in [1.54, 1.807) is 31.2 Å². The summed E-state index contributed by atoms with van der Waals surface area (Å²) in [6.45, 7) is 6.47. The van der Waals surface area contributed by atoms with Crippen LogP contribution >= 0.6 is 0 Å². The molecular formula is C17H25NO5. The summed E-state index contributed by atoms with van der Waals surface area (Å²) < 4.78 is 10.6. The Labute approximate surface area is 136 Å². The van der Waals surface area contributed by atoms with E-state index in [4.69, 9.17) is 14.6 Å². The van der Waals surface area contributed by atoms with E-state index in [-0.39, 0.29) is 18.9 Å². The molecule has 0 bridgehead atoms. The van der Waals surface area contributed by atoms with Crippen molar-refractivity contribution in [2.75, 3.05) is 20.3 Å². The minimum Gasteiger partial charge on any atom is -0.493 e. The van der Waals surface area contributed by atoms with E-state index in [1.165, 1.54) is 7.11 Å². The second-order valence-electron chi connectivity index (χ2n) is 6.25. The number of carbonyl (C=O) groups is 2. The predicted octanol–water partition coefficient (Wildman–Crippen LogP) is 2.33. The van der Waals surface area contributed by atoms with Crippen molar-refractivity contribution in [3.63, 3.8) is 0 Å². The molecule has 1 rings (SSSR count). The summed E-state index contributed by atoms with van der Waals surface area (Å²) in [5.74, 6) is -0.229. The summed E-state index contributed by atoms with van der Waals surface area (Å²) in [6, 6.07) is 6.75. The fourth-order valence-electron chi connectivity index (χ4n) is 2.10. The molecule has 1 atom stereocenters. The molecule has 1 amide bonds. The molecule has 6 heteroatoms. The van der Waals surface area contributed by atoms with Gasteiger partial charge in [0.2, 0.25) is 0 Å². The van der Waals surface area contributed by atoms with Gasteiger partial charge in [-0.15, -0.1) is 0 Å². The highest BCUT2D eigenvalue weighted by Gasteiger charge is 2.29. The third kappa shape index (κ3) is 6.69. The van der Waals surface area contributed by atoms with Crippen molar-refractivity contribution in [1.29, 1.82) is 0 Å². The molecule has 0 aliphatic carbocycles. The molecule has 0 aliphatic rings. The standard InChI is InChI=1S/C17H25NO5/c1-12(2)10-23-14-7-5-13(6-8-14)16(21)18-17(3,11-22-4)9-15(19)20/h5-8,12H,9-11H2,1-4H3,(H,18,21)(H,19,20). The Balaban J connectivity index is 2.73. The predicted molar refractivity (Wildman–Crippen MR) is 86.8 cm³/mol. The largest absolute Gasteiger partial charge is 0.493 e. The van der Waals surface area contributed by atoms with Crippen molar-refractivity contribution in [2.45, 2.75) is 32.7 Å². The van der Waals surface area contributed by atoms with Crippen molar-refractivity contribution in [2.24, 2.45) is 5.92 Å². The molecule has 6 nitrogen and oxygen atoms in total. The highest BCUT2D eigenvalue weighted by Crippen LogP contribution is 2.16. The summed E-state index contributed by atoms with van der Waals surface area (Å²) in [4.78, 5) is 23.2.